The van der Waals surface area contributed by atoms with Gasteiger partial charge in [-0.05, 0) is 12.1 Å². The largest absolute Gasteiger partial charge is 0.381 e. The average molecular weight is 204 g/mol. The minimum Gasteiger partial charge on any atom is -0.381 e. The van der Waals surface area contributed by atoms with Crippen LogP contribution in [0.1, 0.15) is 12.6 Å². The molecule has 1 amide bonds. The van der Waals surface area contributed by atoms with Gasteiger partial charge in [-0.15, -0.1) is 0 Å². The lowest BCUT2D eigenvalue weighted by atomic mass is 10.3. The molecule has 0 saturated carbocycles. The number of nitriles is 1. The second-order valence-corrected chi connectivity index (χ2v) is 2.92. The molecular formula is C10H12N4O. The first-order valence-electron chi connectivity index (χ1n) is 4.57. The molecule has 0 aromatic carbocycles. The molecule has 78 valence electrons. The Kier molecular flexibility index (Phi) is 4.10. The number of amides is 1. The Labute approximate surface area is 88.1 Å². The van der Waals surface area contributed by atoms with E-state index in [0.717, 1.165) is 0 Å². The molecule has 1 aromatic rings. The number of pyridine rings is 1. The molecule has 0 atom stereocenters. The van der Waals surface area contributed by atoms with Crippen molar-refractivity contribution in [2.75, 3.05) is 18.4 Å². The van der Waals surface area contributed by atoms with Crippen LogP contribution in [-0.4, -0.2) is 24.0 Å². The van der Waals surface area contributed by atoms with E-state index in [-0.39, 0.29) is 5.91 Å². The van der Waals surface area contributed by atoms with E-state index in [1.807, 2.05) is 6.07 Å². The Morgan fingerprint density at radius 3 is 3.07 bits per heavy atom. The highest BCUT2D eigenvalue weighted by Crippen LogP contribution is 2.09. The number of hydrogen-bond acceptors (Lipinski definition) is 4. The molecular weight excluding hydrogens is 192 g/mol. The van der Waals surface area contributed by atoms with Gasteiger partial charge in [-0.1, -0.05) is 0 Å². The summed E-state index contributed by atoms with van der Waals surface area (Å²) in [6, 6.07) is 5.51. The Morgan fingerprint density at radius 2 is 2.40 bits per heavy atom. The van der Waals surface area contributed by atoms with Crippen LogP contribution in [-0.2, 0) is 4.79 Å². The van der Waals surface area contributed by atoms with Crippen LogP contribution in [0.2, 0.25) is 0 Å². The van der Waals surface area contributed by atoms with E-state index < -0.39 is 0 Å². The number of rotatable bonds is 4. The number of nitrogens with one attached hydrogen (secondary N) is 2. The first kappa shape index (κ1) is 11.0. The Morgan fingerprint density at radius 1 is 1.60 bits per heavy atom. The zero-order valence-corrected chi connectivity index (χ0v) is 8.45. The summed E-state index contributed by atoms with van der Waals surface area (Å²) in [5.74, 6) is -0.0662. The molecule has 1 aromatic heterocycles. The molecule has 15 heavy (non-hydrogen) atoms. The van der Waals surface area contributed by atoms with Gasteiger partial charge in [0.2, 0.25) is 5.91 Å². The van der Waals surface area contributed by atoms with Crippen molar-refractivity contribution < 1.29 is 4.79 Å². The molecule has 5 heteroatoms. The summed E-state index contributed by atoms with van der Waals surface area (Å²) in [4.78, 5) is 14.5. The number of carbonyl (C=O) groups is 1. The molecule has 1 heterocycles. The van der Waals surface area contributed by atoms with Crippen molar-refractivity contribution in [2.45, 2.75) is 6.92 Å². The molecule has 0 radical (unpaired) electrons. The summed E-state index contributed by atoms with van der Waals surface area (Å²) in [6.07, 6.45) is 1.57. The zero-order chi connectivity index (χ0) is 11.1. The monoisotopic (exact) mass is 204 g/mol. The number of aromatic nitrogens is 1. The third-order valence-electron chi connectivity index (χ3n) is 1.73. The Bertz CT molecular complexity index is 383. The topological polar surface area (TPSA) is 77.8 Å². The van der Waals surface area contributed by atoms with Crippen molar-refractivity contribution in [1.29, 1.82) is 5.26 Å². The van der Waals surface area contributed by atoms with Gasteiger partial charge in [-0.3, -0.25) is 4.79 Å². The minimum atomic E-state index is -0.0662. The molecule has 2 N–H and O–H groups in total. The lowest BCUT2D eigenvalue weighted by Crippen LogP contribution is -2.26. The number of nitrogens with zero attached hydrogens (tertiary/aromatic N) is 2. The van der Waals surface area contributed by atoms with Crippen molar-refractivity contribution in [2.24, 2.45) is 0 Å². The van der Waals surface area contributed by atoms with E-state index in [2.05, 4.69) is 15.6 Å². The van der Waals surface area contributed by atoms with Gasteiger partial charge in [-0.2, -0.15) is 5.26 Å². The summed E-state index contributed by atoms with van der Waals surface area (Å²) in [5, 5.41) is 14.4. The first-order chi connectivity index (χ1) is 7.24. The summed E-state index contributed by atoms with van der Waals surface area (Å²) in [6.45, 7) is 2.56. The molecule has 5 nitrogen and oxygen atoms in total. The second-order valence-electron chi connectivity index (χ2n) is 2.92. The zero-order valence-electron chi connectivity index (χ0n) is 8.45. The highest BCUT2D eigenvalue weighted by atomic mass is 16.1. The standard InChI is InChI=1S/C10H12N4O/c1-8(15)12-5-6-14-9-3-2-4-13-10(9)7-11/h2-4,14H,5-6H2,1H3,(H,12,15). The quantitative estimate of drug-likeness (QED) is 0.700. The maximum Gasteiger partial charge on any atom is 0.216 e. The molecule has 0 aliphatic heterocycles. The predicted octanol–water partition coefficient (Wildman–Crippen LogP) is 0.501. The van der Waals surface area contributed by atoms with Gasteiger partial charge in [-0.25, -0.2) is 4.98 Å². The van der Waals surface area contributed by atoms with Crippen LogP contribution < -0.4 is 10.6 Å². The van der Waals surface area contributed by atoms with Crippen molar-refractivity contribution in [3.05, 3.63) is 24.0 Å². The second kappa shape index (κ2) is 5.60. The average Bonchev–Trinajstić information content (AvgIpc) is 2.24. The van der Waals surface area contributed by atoms with E-state index in [1.165, 1.54) is 6.92 Å². The van der Waals surface area contributed by atoms with Gasteiger partial charge < -0.3 is 10.6 Å². The van der Waals surface area contributed by atoms with Crippen LogP contribution in [0.4, 0.5) is 5.69 Å². The Balaban J connectivity index is 2.44. The number of hydrogen-bond donors (Lipinski definition) is 2. The van der Waals surface area contributed by atoms with Gasteiger partial charge in [0.05, 0.1) is 5.69 Å². The van der Waals surface area contributed by atoms with Crippen LogP contribution in [0.3, 0.4) is 0 Å². The highest BCUT2D eigenvalue weighted by Gasteiger charge is 2.00. The smallest absolute Gasteiger partial charge is 0.216 e. The number of carbonyl (C=O) groups excluding carboxylic acids is 1. The van der Waals surface area contributed by atoms with E-state index in [4.69, 9.17) is 5.26 Å². The van der Waals surface area contributed by atoms with Crippen LogP contribution >= 0.6 is 0 Å². The van der Waals surface area contributed by atoms with Crippen molar-refractivity contribution in [3.8, 4) is 6.07 Å². The van der Waals surface area contributed by atoms with Crippen molar-refractivity contribution in [1.82, 2.24) is 10.3 Å². The third kappa shape index (κ3) is 3.65. The SMILES string of the molecule is CC(=O)NCCNc1cccnc1C#N. The first-order valence-corrected chi connectivity index (χ1v) is 4.57. The fraction of sp³-hybridized carbons (Fsp3) is 0.300. The van der Waals surface area contributed by atoms with E-state index in [9.17, 15) is 4.79 Å². The van der Waals surface area contributed by atoms with Crippen molar-refractivity contribution in [3.63, 3.8) is 0 Å². The van der Waals surface area contributed by atoms with Crippen LogP contribution in [0.5, 0.6) is 0 Å². The fourth-order valence-corrected chi connectivity index (χ4v) is 1.07. The van der Waals surface area contributed by atoms with Gasteiger partial charge in [0.25, 0.3) is 0 Å². The van der Waals surface area contributed by atoms with Gasteiger partial charge >= 0.3 is 0 Å². The van der Waals surface area contributed by atoms with E-state index in [1.54, 1.807) is 18.3 Å². The highest BCUT2D eigenvalue weighted by molar-refractivity contribution is 5.72. The number of anilines is 1. The summed E-state index contributed by atoms with van der Waals surface area (Å²) < 4.78 is 0. The molecule has 1 rings (SSSR count). The van der Waals surface area contributed by atoms with Crippen LogP contribution in [0.15, 0.2) is 18.3 Å². The minimum absolute atomic E-state index is 0.0662. The molecule has 0 aliphatic carbocycles. The van der Waals surface area contributed by atoms with Gasteiger partial charge in [0.15, 0.2) is 5.69 Å². The third-order valence-corrected chi connectivity index (χ3v) is 1.73. The van der Waals surface area contributed by atoms with Crippen LogP contribution in [0, 0.1) is 11.3 Å². The van der Waals surface area contributed by atoms with Gasteiger partial charge in [0, 0.05) is 26.2 Å². The normalized spacial score (nSPS) is 9.07. The van der Waals surface area contributed by atoms with E-state index in [0.29, 0.717) is 24.5 Å². The van der Waals surface area contributed by atoms with Crippen molar-refractivity contribution >= 4 is 11.6 Å². The molecule has 0 spiro atoms. The summed E-state index contributed by atoms with van der Waals surface area (Å²) >= 11 is 0. The predicted molar refractivity (Wildman–Crippen MR) is 56.1 cm³/mol. The van der Waals surface area contributed by atoms with E-state index >= 15 is 0 Å². The Hall–Kier alpha value is -2.09. The lowest BCUT2D eigenvalue weighted by molar-refractivity contribution is -0.118. The summed E-state index contributed by atoms with van der Waals surface area (Å²) in [5.41, 5.74) is 1.05. The molecule has 0 aliphatic rings. The molecule has 0 saturated heterocycles. The maximum absolute atomic E-state index is 10.6. The molecule has 0 bridgehead atoms. The fourth-order valence-electron chi connectivity index (χ4n) is 1.07. The molecule has 0 unspecified atom stereocenters. The summed E-state index contributed by atoms with van der Waals surface area (Å²) in [7, 11) is 0. The van der Waals surface area contributed by atoms with Crippen LogP contribution in [0.25, 0.3) is 0 Å². The maximum atomic E-state index is 10.6. The van der Waals surface area contributed by atoms with Gasteiger partial charge in [0.1, 0.15) is 6.07 Å². The molecule has 0 fully saturated rings. The lowest BCUT2D eigenvalue weighted by Gasteiger charge is -2.07.